The third-order valence-corrected chi connectivity index (χ3v) is 5.82. The SMILES string of the molecule is CN1CCN(Cc2ccc(-c3ccccc3C(F)(F)F)cc2)CC1c1ccccc1. The normalized spacial score (nSPS) is 18.5. The fourth-order valence-electron chi connectivity index (χ4n) is 4.14. The monoisotopic (exact) mass is 410 g/mol. The molecule has 4 rings (SSSR count). The molecule has 0 radical (unpaired) electrons. The van der Waals surface area contributed by atoms with Gasteiger partial charge in [0.1, 0.15) is 0 Å². The largest absolute Gasteiger partial charge is 0.417 e. The van der Waals surface area contributed by atoms with Gasteiger partial charge >= 0.3 is 6.18 Å². The first-order valence-electron chi connectivity index (χ1n) is 10.1. The summed E-state index contributed by atoms with van der Waals surface area (Å²) in [7, 11) is 2.15. The van der Waals surface area contributed by atoms with Crippen LogP contribution in [0.25, 0.3) is 11.1 Å². The molecule has 0 bridgehead atoms. The average molecular weight is 410 g/mol. The van der Waals surface area contributed by atoms with Crippen LogP contribution in [-0.2, 0) is 12.7 Å². The van der Waals surface area contributed by atoms with Crippen LogP contribution in [0.4, 0.5) is 13.2 Å². The molecule has 1 heterocycles. The Kier molecular flexibility index (Phi) is 5.93. The van der Waals surface area contributed by atoms with Crippen molar-refractivity contribution in [3.8, 4) is 11.1 Å². The van der Waals surface area contributed by atoms with E-state index >= 15 is 0 Å². The molecular weight excluding hydrogens is 385 g/mol. The highest BCUT2D eigenvalue weighted by atomic mass is 19.4. The lowest BCUT2D eigenvalue weighted by Crippen LogP contribution is -2.46. The Bertz CT molecular complexity index is 968. The molecule has 3 aromatic carbocycles. The van der Waals surface area contributed by atoms with E-state index in [1.807, 2.05) is 18.2 Å². The van der Waals surface area contributed by atoms with Gasteiger partial charge in [-0.25, -0.2) is 0 Å². The van der Waals surface area contributed by atoms with Crippen molar-refractivity contribution in [2.75, 3.05) is 26.7 Å². The van der Waals surface area contributed by atoms with Crippen LogP contribution in [0.5, 0.6) is 0 Å². The van der Waals surface area contributed by atoms with Crippen LogP contribution in [0.2, 0.25) is 0 Å². The third-order valence-electron chi connectivity index (χ3n) is 5.82. The molecule has 2 nitrogen and oxygen atoms in total. The molecular formula is C25H25F3N2. The first kappa shape index (κ1) is 20.6. The smallest absolute Gasteiger partial charge is 0.297 e. The third kappa shape index (κ3) is 4.58. The number of piperazine rings is 1. The van der Waals surface area contributed by atoms with Crippen molar-refractivity contribution in [3.05, 3.63) is 95.6 Å². The van der Waals surface area contributed by atoms with Gasteiger partial charge < -0.3 is 0 Å². The first-order chi connectivity index (χ1) is 14.4. The van der Waals surface area contributed by atoms with Crippen molar-refractivity contribution in [1.29, 1.82) is 0 Å². The minimum absolute atomic E-state index is 0.222. The molecule has 1 aliphatic heterocycles. The zero-order valence-corrected chi connectivity index (χ0v) is 16.9. The number of nitrogens with zero attached hydrogens (tertiary/aromatic N) is 2. The van der Waals surface area contributed by atoms with Gasteiger partial charge in [-0.05, 0) is 35.4 Å². The summed E-state index contributed by atoms with van der Waals surface area (Å²) >= 11 is 0. The fourth-order valence-corrected chi connectivity index (χ4v) is 4.14. The van der Waals surface area contributed by atoms with Gasteiger partial charge in [-0.3, -0.25) is 9.80 Å². The molecule has 0 aromatic heterocycles. The zero-order chi connectivity index (χ0) is 21.1. The van der Waals surface area contributed by atoms with E-state index < -0.39 is 11.7 Å². The number of benzene rings is 3. The van der Waals surface area contributed by atoms with E-state index in [0.717, 1.165) is 37.8 Å². The molecule has 0 spiro atoms. The van der Waals surface area contributed by atoms with E-state index in [2.05, 4.69) is 41.1 Å². The molecule has 1 fully saturated rings. The van der Waals surface area contributed by atoms with Crippen molar-refractivity contribution >= 4 is 0 Å². The summed E-state index contributed by atoms with van der Waals surface area (Å²) in [4.78, 5) is 4.79. The van der Waals surface area contributed by atoms with Crippen LogP contribution in [0.1, 0.15) is 22.7 Å². The Morgan fingerprint density at radius 3 is 2.20 bits per heavy atom. The van der Waals surface area contributed by atoms with Gasteiger partial charge in [-0.2, -0.15) is 13.2 Å². The summed E-state index contributed by atoms with van der Waals surface area (Å²) in [5.41, 5.74) is 2.64. The highest BCUT2D eigenvalue weighted by Gasteiger charge is 2.33. The van der Waals surface area contributed by atoms with Gasteiger partial charge in [0, 0.05) is 32.2 Å². The Hall–Kier alpha value is -2.63. The van der Waals surface area contributed by atoms with Gasteiger partial charge in [-0.15, -0.1) is 0 Å². The van der Waals surface area contributed by atoms with E-state index in [4.69, 9.17) is 0 Å². The van der Waals surface area contributed by atoms with Crippen LogP contribution >= 0.6 is 0 Å². The van der Waals surface area contributed by atoms with Crippen LogP contribution in [-0.4, -0.2) is 36.5 Å². The van der Waals surface area contributed by atoms with E-state index in [0.29, 0.717) is 11.6 Å². The molecule has 0 saturated carbocycles. The lowest BCUT2D eigenvalue weighted by Gasteiger charge is -2.39. The molecule has 0 aliphatic carbocycles. The number of hydrogen-bond acceptors (Lipinski definition) is 2. The van der Waals surface area contributed by atoms with Crippen LogP contribution < -0.4 is 0 Å². The van der Waals surface area contributed by atoms with Gasteiger partial charge in [0.2, 0.25) is 0 Å². The maximum absolute atomic E-state index is 13.3. The first-order valence-corrected chi connectivity index (χ1v) is 10.1. The van der Waals surface area contributed by atoms with Crippen molar-refractivity contribution in [3.63, 3.8) is 0 Å². The Labute approximate surface area is 175 Å². The molecule has 5 heteroatoms. The van der Waals surface area contributed by atoms with Crippen LogP contribution in [0.15, 0.2) is 78.9 Å². The Morgan fingerprint density at radius 2 is 1.50 bits per heavy atom. The lowest BCUT2D eigenvalue weighted by molar-refractivity contribution is -0.137. The summed E-state index contributed by atoms with van der Waals surface area (Å²) in [5, 5.41) is 0. The highest BCUT2D eigenvalue weighted by Crippen LogP contribution is 2.37. The Balaban J connectivity index is 1.48. The number of alkyl halides is 3. The quantitative estimate of drug-likeness (QED) is 0.531. The number of likely N-dealkylation sites (N-methyl/N-ethyl adjacent to an activating group) is 1. The molecule has 3 aromatic rings. The summed E-state index contributed by atoms with van der Waals surface area (Å²) in [6.45, 7) is 3.67. The van der Waals surface area contributed by atoms with Gasteiger partial charge in [-0.1, -0.05) is 72.8 Å². The zero-order valence-electron chi connectivity index (χ0n) is 16.9. The molecule has 1 unspecified atom stereocenters. The van der Waals surface area contributed by atoms with Gasteiger partial charge in [0.15, 0.2) is 0 Å². The van der Waals surface area contributed by atoms with Gasteiger partial charge in [0.25, 0.3) is 0 Å². The topological polar surface area (TPSA) is 6.48 Å². The minimum atomic E-state index is -4.36. The van der Waals surface area contributed by atoms with Crippen LogP contribution in [0, 0.1) is 0 Å². The van der Waals surface area contributed by atoms with Crippen molar-refractivity contribution in [2.45, 2.75) is 18.8 Å². The summed E-state index contributed by atoms with van der Waals surface area (Å²) in [6.07, 6.45) is -4.36. The van der Waals surface area contributed by atoms with E-state index in [9.17, 15) is 13.2 Å². The van der Waals surface area contributed by atoms with E-state index in [1.54, 1.807) is 18.2 Å². The summed E-state index contributed by atoms with van der Waals surface area (Å²) in [5.74, 6) is 0. The second-order valence-electron chi connectivity index (χ2n) is 7.88. The molecule has 0 amide bonds. The predicted molar refractivity (Wildman–Crippen MR) is 114 cm³/mol. The standard InChI is InChI=1S/C25H25F3N2/c1-29-15-16-30(18-24(29)21-7-3-2-4-8-21)17-19-11-13-20(14-12-19)22-9-5-6-10-23(22)25(26,27)28/h2-14,24H,15-18H2,1H3. The number of halogens is 3. The second-order valence-corrected chi connectivity index (χ2v) is 7.88. The molecule has 156 valence electrons. The molecule has 1 saturated heterocycles. The lowest BCUT2D eigenvalue weighted by atomic mass is 9.98. The fraction of sp³-hybridized carbons (Fsp3) is 0.280. The minimum Gasteiger partial charge on any atom is -0.297 e. The van der Waals surface area contributed by atoms with Crippen molar-refractivity contribution in [2.24, 2.45) is 0 Å². The number of hydrogen-bond donors (Lipinski definition) is 0. The molecule has 30 heavy (non-hydrogen) atoms. The van der Waals surface area contributed by atoms with Gasteiger partial charge in [0.05, 0.1) is 5.56 Å². The Morgan fingerprint density at radius 1 is 0.833 bits per heavy atom. The molecule has 1 aliphatic rings. The predicted octanol–water partition coefficient (Wildman–Crippen LogP) is 5.86. The highest BCUT2D eigenvalue weighted by molar-refractivity contribution is 5.68. The summed E-state index contributed by atoms with van der Waals surface area (Å²) < 4.78 is 40.0. The van der Waals surface area contributed by atoms with Crippen molar-refractivity contribution < 1.29 is 13.2 Å². The maximum Gasteiger partial charge on any atom is 0.417 e. The molecule has 1 atom stereocenters. The van der Waals surface area contributed by atoms with Crippen LogP contribution in [0.3, 0.4) is 0 Å². The second kappa shape index (κ2) is 8.62. The van der Waals surface area contributed by atoms with E-state index in [1.165, 1.54) is 17.7 Å². The van der Waals surface area contributed by atoms with Crippen molar-refractivity contribution in [1.82, 2.24) is 9.80 Å². The van der Waals surface area contributed by atoms with E-state index in [-0.39, 0.29) is 5.56 Å². The maximum atomic E-state index is 13.3. The molecule has 0 N–H and O–H groups in total. The number of rotatable bonds is 4. The summed E-state index contributed by atoms with van der Waals surface area (Å²) in [6, 6.07) is 24.1. The average Bonchev–Trinajstić information content (AvgIpc) is 2.76.